The van der Waals surface area contributed by atoms with Crippen LogP contribution in [0.5, 0.6) is 11.5 Å². The van der Waals surface area contributed by atoms with Gasteiger partial charge in [0.2, 0.25) is 10.0 Å². The molecule has 1 heterocycles. The zero-order valence-electron chi connectivity index (χ0n) is 21.9. The largest absolute Gasteiger partial charge is 0.492 e. The molecule has 0 aliphatic rings. The molecule has 210 valence electrons. The Labute approximate surface area is 244 Å². The second-order valence-electron chi connectivity index (χ2n) is 9.23. The van der Waals surface area contributed by atoms with E-state index in [0.29, 0.717) is 31.1 Å². The Hall–Kier alpha value is -3.34. The van der Waals surface area contributed by atoms with E-state index in [1.54, 1.807) is 29.5 Å². The van der Waals surface area contributed by atoms with Crippen LogP contribution in [0, 0.1) is 0 Å². The Morgan fingerprint density at radius 3 is 2.42 bits per heavy atom. The summed E-state index contributed by atoms with van der Waals surface area (Å²) in [4.78, 5) is 0. The first kappa shape index (κ1) is 29.6. The van der Waals surface area contributed by atoms with Crippen molar-refractivity contribution >= 4 is 59.6 Å². The van der Waals surface area contributed by atoms with E-state index in [2.05, 4.69) is 40.4 Å². The second kappa shape index (κ2) is 13.3. The Bertz CT molecular complexity index is 1680. The average Bonchev–Trinajstić information content (AvgIpc) is 3.29. The number of hydrogen-bond donors (Lipinski definition) is 3. The first-order valence-corrected chi connectivity index (χ1v) is 15.3. The van der Waals surface area contributed by atoms with Crippen LogP contribution < -0.4 is 19.5 Å². The number of fused-ring (bicyclic) bond motifs is 3. The van der Waals surface area contributed by atoms with Gasteiger partial charge in [0.25, 0.3) is 0 Å². The molecule has 0 amide bonds. The molecule has 5 aromatic rings. The molecule has 3 N–H and O–H groups in total. The van der Waals surface area contributed by atoms with Gasteiger partial charge in [0.05, 0.1) is 18.0 Å². The quantitative estimate of drug-likeness (QED) is 0.150. The number of aliphatic hydroxyl groups is 1. The van der Waals surface area contributed by atoms with Gasteiger partial charge in [-0.15, -0.1) is 23.7 Å². The summed E-state index contributed by atoms with van der Waals surface area (Å²) in [5, 5.41) is 16.4. The van der Waals surface area contributed by atoms with Crippen LogP contribution in [-0.2, 0) is 16.6 Å². The molecular formula is C30H31ClN2O5S2. The molecule has 0 aliphatic heterocycles. The van der Waals surface area contributed by atoms with Crippen LogP contribution in [-0.4, -0.2) is 39.5 Å². The maximum absolute atomic E-state index is 11.9. The number of aliphatic hydroxyl groups excluding tert-OH is 1. The fourth-order valence-corrected chi connectivity index (χ4v) is 5.98. The predicted octanol–water partition coefficient (Wildman–Crippen LogP) is 6.13. The number of hydrogen-bond acceptors (Lipinski definition) is 7. The lowest BCUT2D eigenvalue weighted by Gasteiger charge is -2.17. The molecule has 0 bridgehead atoms. The molecule has 0 spiro atoms. The van der Waals surface area contributed by atoms with Crippen molar-refractivity contribution in [1.29, 1.82) is 0 Å². The molecule has 10 heteroatoms. The molecule has 1 atom stereocenters. The van der Waals surface area contributed by atoms with Crippen molar-refractivity contribution in [2.75, 3.05) is 30.7 Å². The topological polar surface area (TPSA) is 96.9 Å². The minimum Gasteiger partial charge on any atom is -0.492 e. The molecule has 0 fully saturated rings. The molecule has 1 aromatic heterocycles. The lowest BCUT2D eigenvalue weighted by Crippen LogP contribution is -2.26. The highest BCUT2D eigenvalue weighted by Crippen LogP contribution is 2.35. The van der Waals surface area contributed by atoms with Gasteiger partial charge in [-0.2, -0.15) is 0 Å². The van der Waals surface area contributed by atoms with Crippen LogP contribution in [0.15, 0.2) is 91.0 Å². The number of ether oxygens (including phenoxy) is 2. The van der Waals surface area contributed by atoms with Gasteiger partial charge in [0.1, 0.15) is 24.7 Å². The minimum absolute atomic E-state index is 0. The molecule has 0 radical (unpaired) electrons. The van der Waals surface area contributed by atoms with Crippen LogP contribution >= 0.6 is 23.7 Å². The van der Waals surface area contributed by atoms with Crippen molar-refractivity contribution in [1.82, 2.24) is 5.32 Å². The number of anilines is 1. The van der Waals surface area contributed by atoms with E-state index in [9.17, 15) is 13.5 Å². The maximum atomic E-state index is 11.9. The van der Waals surface area contributed by atoms with E-state index >= 15 is 0 Å². The van der Waals surface area contributed by atoms with Crippen molar-refractivity contribution in [3.8, 4) is 11.5 Å². The first-order valence-electron chi connectivity index (χ1n) is 12.6. The van der Waals surface area contributed by atoms with Gasteiger partial charge in [0.15, 0.2) is 0 Å². The van der Waals surface area contributed by atoms with E-state index < -0.39 is 16.1 Å². The summed E-state index contributed by atoms with van der Waals surface area (Å²) < 4.78 is 40.6. The van der Waals surface area contributed by atoms with Crippen LogP contribution in [0.2, 0.25) is 0 Å². The summed E-state index contributed by atoms with van der Waals surface area (Å²) in [6, 6.07) is 29.1. The van der Waals surface area contributed by atoms with Crippen molar-refractivity contribution in [3.63, 3.8) is 0 Å². The van der Waals surface area contributed by atoms with Crippen LogP contribution in [0.3, 0.4) is 0 Å². The smallest absolute Gasteiger partial charge is 0.229 e. The first-order chi connectivity index (χ1) is 18.9. The third kappa shape index (κ3) is 7.65. The zero-order valence-corrected chi connectivity index (χ0v) is 24.3. The van der Waals surface area contributed by atoms with Crippen LogP contribution in [0.25, 0.3) is 20.2 Å². The SMILES string of the molecule is CS(=O)(=O)Nc1cc(C(O)CNCCOc2ccc3c(c2)sc2ccccc23)ccc1OCc1ccccc1.Cl. The van der Waals surface area contributed by atoms with E-state index in [4.69, 9.17) is 9.47 Å². The Kier molecular flexibility index (Phi) is 9.89. The number of halogens is 1. The number of nitrogens with one attached hydrogen (secondary N) is 2. The van der Waals surface area contributed by atoms with Gasteiger partial charge in [0, 0.05) is 33.3 Å². The molecule has 0 saturated heterocycles. The number of thiophene rings is 1. The number of sulfonamides is 1. The highest BCUT2D eigenvalue weighted by atomic mass is 35.5. The van der Waals surface area contributed by atoms with Crippen molar-refractivity contribution < 1.29 is 23.0 Å². The molecule has 5 rings (SSSR count). The molecule has 7 nitrogen and oxygen atoms in total. The van der Waals surface area contributed by atoms with Crippen molar-refractivity contribution in [2.24, 2.45) is 0 Å². The summed E-state index contributed by atoms with van der Waals surface area (Å²) in [7, 11) is -3.54. The standard InChI is InChI=1S/C30H30N2O5S2.ClH/c1-39(34,35)32-26-17-22(11-14-28(26)37-20-21-7-3-2-4-8-21)27(33)19-31-15-16-36-23-12-13-25-24-9-5-6-10-29(24)38-30(25)18-23;/h2-14,17-18,27,31-33H,15-16,19-20H2,1H3;1H. The van der Waals surface area contributed by atoms with E-state index in [0.717, 1.165) is 17.6 Å². The lowest BCUT2D eigenvalue weighted by molar-refractivity contribution is 0.172. The third-order valence-electron chi connectivity index (χ3n) is 6.16. The molecule has 4 aromatic carbocycles. The normalized spacial score (nSPS) is 12.2. The molecule has 0 aliphatic carbocycles. The minimum atomic E-state index is -3.54. The fraction of sp³-hybridized carbons (Fsp3) is 0.200. The van der Waals surface area contributed by atoms with Gasteiger partial charge in [-0.05, 0) is 47.5 Å². The Morgan fingerprint density at radius 1 is 0.875 bits per heavy atom. The van der Waals surface area contributed by atoms with Gasteiger partial charge >= 0.3 is 0 Å². The Morgan fingerprint density at radius 2 is 1.62 bits per heavy atom. The van der Waals surface area contributed by atoms with Gasteiger partial charge in [-0.3, -0.25) is 4.72 Å². The molecular weight excluding hydrogens is 568 g/mol. The number of rotatable bonds is 12. The summed E-state index contributed by atoms with van der Waals surface area (Å²) in [6.07, 6.45) is 0.236. The molecule has 0 saturated carbocycles. The summed E-state index contributed by atoms with van der Waals surface area (Å²) in [6.45, 7) is 1.55. The van der Waals surface area contributed by atoms with Crippen molar-refractivity contribution in [2.45, 2.75) is 12.7 Å². The Balaban J connectivity index is 0.00000370. The fourth-order valence-electron chi connectivity index (χ4n) is 4.29. The van der Waals surface area contributed by atoms with Gasteiger partial charge in [-0.1, -0.05) is 54.6 Å². The van der Waals surface area contributed by atoms with E-state index in [1.807, 2.05) is 42.5 Å². The van der Waals surface area contributed by atoms with Gasteiger partial charge < -0.3 is 19.9 Å². The molecule has 40 heavy (non-hydrogen) atoms. The lowest BCUT2D eigenvalue weighted by atomic mass is 10.1. The zero-order chi connectivity index (χ0) is 27.2. The summed E-state index contributed by atoms with van der Waals surface area (Å²) >= 11 is 1.75. The third-order valence-corrected chi connectivity index (χ3v) is 7.88. The predicted molar refractivity (Wildman–Crippen MR) is 166 cm³/mol. The second-order valence-corrected chi connectivity index (χ2v) is 12.1. The highest BCUT2D eigenvalue weighted by Gasteiger charge is 2.15. The monoisotopic (exact) mass is 598 g/mol. The number of benzene rings is 4. The summed E-state index contributed by atoms with van der Waals surface area (Å²) in [5.74, 6) is 1.19. The summed E-state index contributed by atoms with van der Waals surface area (Å²) in [5.41, 5.74) is 1.81. The van der Waals surface area contributed by atoms with E-state index in [-0.39, 0.29) is 24.6 Å². The average molecular weight is 599 g/mol. The molecule has 1 unspecified atom stereocenters. The van der Waals surface area contributed by atoms with Crippen molar-refractivity contribution in [3.05, 3.63) is 102 Å². The van der Waals surface area contributed by atoms with Crippen LogP contribution in [0.4, 0.5) is 5.69 Å². The van der Waals surface area contributed by atoms with Crippen LogP contribution in [0.1, 0.15) is 17.2 Å². The highest BCUT2D eigenvalue weighted by molar-refractivity contribution is 7.92. The van der Waals surface area contributed by atoms with Gasteiger partial charge in [-0.25, -0.2) is 8.42 Å². The van der Waals surface area contributed by atoms with E-state index in [1.165, 1.54) is 20.2 Å². The maximum Gasteiger partial charge on any atom is 0.229 e.